The number of hydrogen-bond donors (Lipinski definition) is 2. The Morgan fingerprint density at radius 2 is 1.78 bits per heavy atom. The molecular formula is C31H36BrN3O5S. The van der Waals surface area contributed by atoms with Gasteiger partial charge >= 0.3 is 5.97 Å². The number of aliphatic carboxylic acids is 1. The standard InChI is InChI=1S/C31H36BrN3O5S/c1-4-16-34(21-14-12-20(13-15-21)33(5-2)6-3)29(38)27-31-17-22(32)26(41-31)24(30(39)40)25(31)28(37)35(27)23(18-36)19-10-8-7-9-11-19/h4,7-15,22-27,36H,1,5-6,16-18H2,2-3H3,(H,39,40)/t22?,23-,24-,25+,26-,27?,31?/m1/s1. The maximum atomic E-state index is 14.8. The molecule has 3 saturated heterocycles. The molecule has 1 spiro atoms. The first kappa shape index (κ1) is 29.7. The van der Waals surface area contributed by atoms with Crippen LogP contribution in [0.4, 0.5) is 11.4 Å². The number of nitrogens with zero attached hydrogens (tertiary/aromatic N) is 3. The summed E-state index contributed by atoms with van der Waals surface area (Å²) in [4.78, 5) is 46.8. The third-order valence-electron chi connectivity index (χ3n) is 8.81. The van der Waals surface area contributed by atoms with Crippen LogP contribution in [-0.4, -0.2) is 80.0 Å². The van der Waals surface area contributed by atoms with Gasteiger partial charge in [0.05, 0.1) is 29.2 Å². The SMILES string of the molecule is C=CCN(C(=O)C1N([C@H](CO)c2ccccc2)C(=O)[C@@H]2[C@@H](C(=O)O)[C@@H]3SC12CC3Br)c1ccc(N(CC)CC)cc1. The zero-order chi connectivity index (χ0) is 29.5. The molecule has 2 amide bonds. The van der Waals surface area contributed by atoms with E-state index in [1.54, 1.807) is 11.0 Å². The topological polar surface area (TPSA) is 101 Å². The van der Waals surface area contributed by atoms with Gasteiger partial charge in [-0.1, -0.05) is 52.3 Å². The second-order valence-electron chi connectivity index (χ2n) is 10.8. The monoisotopic (exact) mass is 641 g/mol. The molecular weight excluding hydrogens is 606 g/mol. The van der Waals surface area contributed by atoms with Crippen molar-refractivity contribution in [1.82, 2.24) is 4.90 Å². The Kier molecular flexibility index (Phi) is 8.55. The summed E-state index contributed by atoms with van der Waals surface area (Å²) in [6, 6.07) is 15.1. The van der Waals surface area contributed by atoms with E-state index in [4.69, 9.17) is 0 Å². The van der Waals surface area contributed by atoms with Gasteiger partial charge in [0.15, 0.2) is 0 Å². The second-order valence-corrected chi connectivity index (χ2v) is 13.5. The number of carbonyl (C=O) groups excluding carboxylic acids is 2. The number of carboxylic acid groups (broad SMARTS) is 1. The molecule has 3 aliphatic rings. The van der Waals surface area contributed by atoms with Crippen LogP contribution in [0.2, 0.25) is 0 Å². The molecule has 218 valence electrons. The van der Waals surface area contributed by atoms with Crippen molar-refractivity contribution in [2.75, 3.05) is 36.0 Å². The Bertz CT molecular complexity index is 1310. The van der Waals surface area contributed by atoms with E-state index in [1.807, 2.05) is 54.6 Å². The average molecular weight is 643 g/mol. The van der Waals surface area contributed by atoms with Gasteiger partial charge in [-0.15, -0.1) is 18.3 Å². The number of benzene rings is 2. The minimum atomic E-state index is -1.03. The lowest BCUT2D eigenvalue weighted by atomic mass is 9.71. The molecule has 7 atom stereocenters. The summed E-state index contributed by atoms with van der Waals surface area (Å²) >= 11 is 5.14. The molecule has 10 heteroatoms. The molecule has 2 aromatic rings. The quantitative estimate of drug-likeness (QED) is 0.278. The van der Waals surface area contributed by atoms with Gasteiger partial charge in [0.2, 0.25) is 5.91 Å². The van der Waals surface area contributed by atoms with Crippen LogP contribution in [0.15, 0.2) is 67.3 Å². The minimum Gasteiger partial charge on any atom is -0.481 e. The number of amides is 2. The maximum absolute atomic E-state index is 14.8. The van der Waals surface area contributed by atoms with Crippen molar-refractivity contribution in [2.24, 2.45) is 11.8 Å². The van der Waals surface area contributed by atoms with Gasteiger partial charge in [0.25, 0.3) is 5.91 Å². The molecule has 3 aliphatic heterocycles. The molecule has 0 radical (unpaired) electrons. The lowest BCUT2D eigenvalue weighted by Crippen LogP contribution is -2.56. The molecule has 2 bridgehead atoms. The highest BCUT2D eigenvalue weighted by molar-refractivity contribution is 9.09. The molecule has 0 saturated carbocycles. The van der Waals surface area contributed by atoms with Crippen molar-refractivity contribution in [3.05, 3.63) is 72.8 Å². The highest BCUT2D eigenvalue weighted by atomic mass is 79.9. The number of fused-ring (bicyclic) bond motifs is 1. The Labute approximate surface area is 253 Å². The molecule has 3 fully saturated rings. The number of rotatable bonds is 11. The number of aliphatic hydroxyl groups excluding tert-OH is 1. The minimum absolute atomic E-state index is 0.154. The van der Waals surface area contributed by atoms with Crippen LogP contribution in [0.3, 0.4) is 0 Å². The first-order valence-corrected chi connectivity index (χ1v) is 15.8. The average Bonchev–Trinajstić information content (AvgIpc) is 3.57. The molecule has 3 unspecified atom stereocenters. The van der Waals surface area contributed by atoms with Crippen molar-refractivity contribution in [1.29, 1.82) is 0 Å². The van der Waals surface area contributed by atoms with Crippen molar-refractivity contribution >= 4 is 56.9 Å². The van der Waals surface area contributed by atoms with Crippen molar-refractivity contribution < 1.29 is 24.6 Å². The summed E-state index contributed by atoms with van der Waals surface area (Å²) in [6.45, 7) is 9.59. The number of halogens is 1. The number of carbonyl (C=O) groups is 3. The third-order valence-corrected chi connectivity index (χ3v) is 12.0. The molecule has 0 aromatic heterocycles. The van der Waals surface area contributed by atoms with Crippen LogP contribution >= 0.6 is 27.7 Å². The molecule has 2 aromatic carbocycles. The van der Waals surface area contributed by atoms with Crippen LogP contribution < -0.4 is 9.80 Å². The zero-order valence-electron chi connectivity index (χ0n) is 23.2. The van der Waals surface area contributed by atoms with E-state index in [-0.39, 0.29) is 28.4 Å². The van der Waals surface area contributed by atoms with Crippen LogP contribution in [0.1, 0.15) is 31.9 Å². The lowest BCUT2D eigenvalue weighted by Gasteiger charge is -2.40. The van der Waals surface area contributed by atoms with Crippen LogP contribution in [-0.2, 0) is 14.4 Å². The van der Waals surface area contributed by atoms with Gasteiger partial charge in [0.1, 0.15) is 6.04 Å². The van der Waals surface area contributed by atoms with E-state index in [0.717, 1.165) is 18.8 Å². The van der Waals surface area contributed by atoms with E-state index in [9.17, 15) is 24.6 Å². The van der Waals surface area contributed by atoms with Gasteiger partial charge in [-0.3, -0.25) is 14.4 Å². The van der Waals surface area contributed by atoms with E-state index in [0.29, 0.717) is 17.7 Å². The number of thioether (sulfide) groups is 1. The van der Waals surface area contributed by atoms with Gasteiger partial charge in [0, 0.05) is 41.1 Å². The fraction of sp³-hybridized carbons (Fsp3) is 0.452. The smallest absolute Gasteiger partial charge is 0.308 e. The third kappa shape index (κ3) is 4.77. The van der Waals surface area contributed by atoms with Crippen LogP contribution in [0.25, 0.3) is 0 Å². The summed E-state index contributed by atoms with van der Waals surface area (Å²) in [5.41, 5.74) is 2.40. The van der Waals surface area contributed by atoms with Crippen molar-refractivity contribution in [2.45, 2.75) is 47.2 Å². The number of anilines is 2. The predicted octanol–water partition coefficient (Wildman–Crippen LogP) is 4.33. The van der Waals surface area contributed by atoms with E-state index >= 15 is 0 Å². The van der Waals surface area contributed by atoms with Crippen LogP contribution in [0.5, 0.6) is 0 Å². The van der Waals surface area contributed by atoms with Gasteiger partial charge in [-0.2, -0.15) is 0 Å². The summed E-state index contributed by atoms with van der Waals surface area (Å²) in [7, 11) is 0. The molecule has 5 rings (SSSR count). The Morgan fingerprint density at radius 3 is 2.34 bits per heavy atom. The molecule has 8 nitrogen and oxygen atoms in total. The van der Waals surface area contributed by atoms with Gasteiger partial charge < -0.3 is 24.9 Å². The van der Waals surface area contributed by atoms with Crippen LogP contribution in [0, 0.1) is 11.8 Å². The zero-order valence-corrected chi connectivity index (χ0v) is 25.6. The summed E-state index contributed by atoms with van der Waals surface area (Å²) in [5.74, 6) is -3.52. The van der Waals surface area contributed by atoms with E-state index < -0.39 is 41.2 Å². The van der Waals surface area contributed by atoms with Gasteiger partial charge in [-0.25, -0.2) is 0 Å². The molecule has 41 heavy (non-hydrogen) atoms. The first-order chi connectivity index (χ1) is 19.7. The Balaban J connectivity index is 1.62. The molecule has 3 heterocycles. The number of alkyl halides is 1. The van der Waals surface area contributed by atoms with E-state index in [2.05, 4.69) is 41.3 Å². The highest BCUT2D eigenvalue weighted by Gasteiger charge is 2.76. The predicted molar refractivity (Wildman–Crippen MR) is 166 cm³/mol. The summed E-state index contributed by atoms with van der Waals surface area (Å²) in [6.07, 6.45) is 2.13. The summed E-state index contributed by atoms with van der Waals surface area (Å²) < 4.78 is -0.946. The highest BCUT2D eigenvalue weighted by Crippen LogP contribution is 2.68. The summed E-state index contributed by atoms with van der Waals surface area (Å²) in [5, 5.41) is 20.6. The number of aliphatic hydroxyl groups is 1. The second kappa shape index (κ2) is 11.8. The normalized spacial score (nSPS) is 28.8. The number of likely N-dealkylation sites (tertiary alicyclic amines) is 1. The Morgan fingerprint density at radius 1 is 1.15 bits per heavy atom. The fourth-order valence-electron chi connectivity index (χ4n) is 7.03. The largest absolute Gasteiger partial charge is 0.481 e. The fourth-order valence-corrected chi connectivity index (χ4v) is 10.6. The number of hydrogen-bond acceptors (Lipinski definition) is 6. The van der Waals surface area contributed by atoms with Crippen molar-refractivity contribution in [3.63, 3.8) is 0 Å². The van der Waals surface area contributed by atoms with Crippen molar-refractivity contribution in [3.8, 4) is 0 Å². The molecule has 2 N–H and O–H groups in total. The maximum Gasteiger partial charge on any atom is 0.308 e. The first-order valence-electron chi connectivity index (χ1n) is 14.0. The lowest BCUT2D eigenvalue weighted by molar-refractivity contribution is -0.149. The van der Waals surface area contributed by atoms with E-state index in [1.165, 1.54) is 16.7 Å². The molecule has 0 aliphatic carbocycles. The number of carboxylic acids is 1. The Hall–Kier alpha value is -2.82. The van der Waals surface area contributed by atoms with Gasteiger partial charge in [-0.05, 0) is 50.1 Å².